The lowest BCUT2D eigenvalue weighted by Crippen LogP contribution is -2.40. The first kappa shape index (κ1) is 13.0. The number of hydrogen-bond acceptors (Lipinski definition) is 2. The van der Waals surface area contributed by atoms with E-state index < -0.39 is 0 Å². The summed E-state index contributed by atoms with van der Waals surface area (Å²) in [5.41, 5.74) is 0.562. The van der Waals surface area contributed by atoms with Crippen molar-refractivity contribution in [3.8, 4) is 0 Å². The third kappa shape index (κ3) is 4.98. The van der Waals surface area contributed by atoms with Gasteiger partial charge in [-0.2, -0.15) is 0 Å². The monoisotopic (exact) mass is 212 g/mol. The SMILES string of the molecule is CCN(C)CCNC1CCCC(C)(C)C1. The molecule has 15 heavy (non-hydrogen) atoms. The first-order valence-electron chi connectivity index (χ1n) is 6.45. The number of hydrogen-bond donors (Lipinski definition) is 1. The zero-order chi connectivity index (χ0) is 11.3. The summed E-state index contributed by atoms with van der Waals surface area (Å²) >= 11 is 0. The summed E-state index contributed by atoms with van der Waals surface area (Å²) in [5, 5.41) is 3.70. The van der Waals surface area contributed by atoms with Crippen LogP contribution in [0.15, 0.2) is 0 Å². The average Bonchev–Trinajstić information content (AvgIpc) is 2.16. The molecule has 1 saturated carbocycles. The van der Waals surface area contributed by atoms with Crippen molar-refractivity contribution in [2.75, 3.05) is 26.7 Å². The zero-order valence-corrected chi connectivity index (χ0v) is 11.0. The minimum absolute atomic E-state index is 0.562. The molecule has 0 bridgehead atoms. The molecule has 0 saturated heterocycles. The number of rotatable bonds is 5. The second kappa shape index (κ2) is 5.86. The summed E-state index contributed by atoms with van der Waals surface area (Å²) in [4.78, 5) is 2.36. The van der Waals surface area contributed by atoms with Gasteiger partial charge in [0.15, 0.2) is 0 Å². The Morgan fingerprint density at radius 3 is 2.73 bits per heavy atom. The van der Waals surface area contributed by atoms with Crippen molar-refractivity contribution in [2.24, 2.45) is 5.41 Å². The summed E-state index contributed by atoms with van der Waals surface area (Å²) in [7, 11) is 2.19. The lowest BCUT2D eigenvalue weighted by atomic mass is 9.75. The van der Waals surface area contributed by atoms with E-state index in [2.05, 4.69) is 38.0 Å². The van der Waals surface area contributed by atoms with E-state index in [1.165, 1.54) is 32.2 Å². The summed E-state index contributed by atoms with van der Waals surface area (Å²) in [6, 6.07) is 0.763. The van der Waals surface area contributed by atoms with Crippen molar-refractivity contribution >= 4 is 0 Å². The number of nitrogens with one attached hydrogen (secondary N) is 1. The van der Waals surface area contributed by atoms with Gasteiger partial charge in [0, 0.05) is 19.1 Å². The molecule has 1 aliphatic carbocycles. The van der Waals surface area contributed by atoms with Crippen molar-refractivity contribution in [2.45, 2.75) is 52.5 Å². The van der Waals surface area contributed by atoms with Crippen LogP contribution < -0.4 is 5.32 Å². The second-order valence-corrected chi connectivity index (χ2v) is 5.81. The maximum atomic E-state index is 3.70. The zero-order valence-electron chi connectivity index (χ0n) is 11.0. The summed E-state index contributed by atoms with van der Waals surface area (Å²) in [6.07, 6.45) is 5.52. The Hall–Kier alpha value is -0.0800. The minimum Gasteiger partial charge on any atom is -0.313 e. The van der Waals surface area contributed by atoms with Crippen LogP contribution in [0, 0.1) is 5.41 Å². The molecule has 2 heteroatoms. The van der Waals surface area contributed by atoms with Crippen LogP contribution in [0.25, 0.3) is 0 Å². The average molecular weight is 212 g/mol. The van der Waals surface area contributed by atoms with Crippen LogP contribution >= 0.6 is 0 Å². The van der Waals surface area contributed by atoms with Gasteiger partial charge in [-0.1, -0.05) is 27.2 Å². The molecule has 0 amide bonds. The Morgan fingerprint density at radius 1 is 1.40 bits per heavy atom. The Kier molecular flexibility index (Phi) is 5.07. The van der Waals surface area contributed by atoms with Crippen molar-refractivity contribution < 1.29 is 0 Å². The predicted molar refractivity (Wildman–Crippen MR) is 67.2 cm³/mol. The van der Waals surface area contributed by atoms with Gasteiger partial charge in [0.25, 0.3) is 0 Å². The smallest absolute Gasteiger partial charge is 0.0104 e. The molecule has 0 heterocycles. The molecular weight excluding hydrogens is 184 g/mol. The molecule has 0 radical (unpaired) electrons. The molecule has 2 nitrogen and oxygen atoms in total. The van der Waals surface area contributed by atoms with Gasteiger partial charge in [0.05, 0.1) is 0 Å². The van der Waals surface area contributed by atoms with Crippen molar-refractivity contribution in [3.05, 3.63) is 0 Å². The van der Waals surface area contributed by atoms with E-state index in [-0.39, 0.29) is 0 Å². The highest BCUT2D eigenvalue weighted by Crippen LogP contribution is 2.34. The number of likely N-dealkylation sites (N-methyl/N-ethyl adjacent to an activating group) is 1. The molecule has 1 unspecified atom stereocenters. The van der Waals surface area contributed by atoms with E-state index in [1.807, 2.05) is 0 Å². The largest absolute Gasteiger partial charge is 0.313 e. The molecule has 0 aromatic rings. The van der Waals surface area contributed by atoms with Crippen LogP contribution in [0.3, 0.4) is 0 Å². The maximum Gasteiger partial charge on any atom is 0.0104 e. The predicted octanol–water partition coefficient (Wildman–Crippen LogP) is 2.50. The molecule has 1 N–H and O–H groups in total. The van der Waals surface area contributed by atoms with Gasteiger partial charge in [-0.3, -0.25) is 0 Å². The van der Waals surface area contributed by atoms with Crippen LogP contribution in [0.2, 0.25) is 0 Å². The number of nitrogens with zero attached hydrogens (tertiary/aromatic N) is 1. The van der Waals surface area contributed by atoms with Gasteiger partial charge in [-0.25, -0.2) is 0 Å². The standard InChI is InChI=1S/C13H28N2/c1-5-15(4)10-9-14-12-7-6-8-13(2,3)11-12/h12,14H,5-11H2,1-4H3. The molecular formula is C13H28N2. The molecule has 0 spiro atoms. The molecule has 0 aromatic heterocycles. The second-order valence-electron chi connectivity index (χ2n) is 5.81. The van der Waals surface area contributed by atoms with Crippen LogP contribution in [-0.2, 0) is 0 Å². The van der Waals surface area contributed by atoms with Crippen molar-refractivity contribution in [1.29, 1.82) is 0 Å². The maximum absolute atomic E-state index is 3.70. The highest BCUT2D eigenvalue weighted by atomic mass is 15.1. The van der Waals surface area contributed by atoms with Crippen molar-refractivity contribution in [1.82, 2.24) is 10.2 Å². The van der Waals surface area contributed by atoms with E-state index in [1.54, 1.807) is 0 Å². The Labute approximate surface area is 95.4 Å². The quantitative estimate of drug-likeness (QED) is 0.753. The van der Waals surface area contributed by atoms with E-state index in [0.29, 0.717) is 5.41 Å². The van der Waals surface area contributed by atoms with E-state index in [0.717, 1.165) is 19.1 Å². The summed E-state index contributed by atoms with van der Waals surface area (Å²) < 4.78 is 0. The molecule has 1 fully saturated rings. The fourth-order valence-electron chi connectivity index (χ4n) is 2.49. The van der Waals surface area contributed by atoms with E-state index >= 15 is 0 Å². The normalized spacial score (nSPS) is 25.8. The molecule has 0 aromatic carbocycles. The topological polar surface area (TPSA) is 15.3 Å². The molecule has 0 aliphatic heterocycles. The fourth-order valence-corrected chi connectivity index (χ4v) is 2.49. The highest BCUT2D eigenvalue weighted by molar-refractivity contribution is 4.83. The highest BCUT2D eigenvalue weighted by Gasteiger charge is 2.27. The third-order valence-electron chi connectivity index (χ3n) is 3.67. The van der Waals surface area contributed by atoms with Crippen LogP contribution in [0.1, 0.15) is 46.5 Å². The van der Waals surface area contributed by atoms with Gasteiger partial charge in [-0.05, 0) is 38.3 Å². The summed E-state index contributed by atoms with van der Waals surface area (Å²) in [6.45, 7) is 10.5. The minimum atomic E-state index is 0.562. The lowest BCUT2D eigenvalue weighted by molar-refractivity contribution is 0.195. The van der Waals surface area contributed by atoms with E-state index in [9.17, 15) is 0 Å². The van der Waals surface area contributed by atoms with Gasteiger partial charge in [0.1, 0.15) is 0 Å². The first-order valence-corrected chi connectivity index (χ1v) is 6.45. The van der Waals surface area contributed by atoms with Crippen LogP contribution in [0.5, 0.6) is 0 Å². The molecule has 90 valence electrons. The van der Waals surface area contributed by atoms with Gasteiger partial charge >= 0.3 is 0 Å². The third-order valence-corrected chi connectivity index (χ3v) is 3.67. The Bertz CT molecular complexity index is 177. The Balaban J connectivity index is 2.16. The van der Waals surface area contributed by atoms with Crippen LogP contribution in [0.4, 0.5) is 0 Å². The molecule has 1 aliphatic rings. The van der Waals surface area contributed by atoms with Crippen LogP contribution in [-0.4, -0.2) is 37.6 Å². The van der Waals surface area contributed by atoms with Gasteiger partial charge in [-0.15, -0.1) is 0 Å². The van der Waals surface area contributed by atoms with Crippen molar-refractivity contribution in [3.63, 3.8) is 0 Å². The van der Waals surface area contributed by atoms with Gasteiger partial charge < -0.3 is 10.2 Å². The molecule has 1 atom stereocenters. The lowest BCUT2D eigenvalue weighted by Gasteiger charge is -2.36. The fraction of sp³-hybridized carbons (Fsp3) is 1.00. The summed E-state index contributed by atoms with van der Waals surface area (Å²) in [5.74, 6) is 0. The van der Waals surface area contributed by atoms with Gasteiger partial charge in [0.2, 0.25) is 0 Å². The Morgan fingerprint density at radius 2 is 2.13 bits per heavy atom. The van der Waals surface area contributed by atoms with E-state index in [4.69, 9.17) is 0 Å². The first-order chi connectivity index (χ1) is 7.03. The molecule has 1 rings (SSSR count).